The van der Waals surface area contributed by atoms with Crippen molar-refractivity contribution in [3.05, 3.63) is 92.7 Å². The number of nitrogens with zero attached hydrogens (tertiary/aromatic N) is 4. The first kappa shape index (κ1) is 18.5. The minimum absolute atomic E-state index is 0.00706. The van der Waals surface area contributed by atoms with Crippen LogP contribution < -0.4 is 10.2 Å². The molecule has 0 saturated heterocycles. The van der Waals surface area contributed by atoms with E-state index in [1.165, 1.54) is 24.3 Å². The first-order chi connectivity index (χ1) is 13.5. The highest BCUT2D eigenvalue weighted by Crippen LogP contribution is 2.21. The van der Waals surface area contributed by atoms with Gasteiger partial charge in [0, 0.05) is 24.3 Å². The SMILES string of the molecule is O=[N+]([O-])c1ccc(NN=Cc2ccc(Oc3ccc([N+](=O)[O-])cn3)cc2)cc1. The predicted octanol–water partition coefficient (Wildman–Crippen LogP) is 4.14. The molecule has 0 saturated carbocycles. The molecule has 3 rings (SSSR count). The summed E-state index contributed by atoms with van der Waals surface area (Å²) in [5, 5.41) is 25.3. The number of non-ortho nitro benzene ring substituents is 1. The number of hydrogen-bond acceptors (Lipinski definition) is 8. The molecule has 10 heteroatoms. The first-order valence-corrected chi connectivity index (χ1v) is 7.93. The fraction of sp³-hybridized carbons (Fsp3) is 0. The van der Waals surface area contributed by atoms with E-state index in [1.807, 2.05) is 0 Å². The second kappa shape index (κ2) is 8.36. The maximum absolute atomic E-state index is 10.6. The predicted molar refractivity (Wildman–Crippen MR) is 102 cm³/mol. The molecule has 0 spiro atoms. The summed E-state index contributed by atoms with van der Waals surface area (Å²) < 4.78 is 5.52. The minimum atomic E-state index is -0.532. The van der Waals surface area contributed by atoms with Crippen molar-refractivity contribution in [2.75, 3.05) is 5.43 Å². The largest absolute Gasteiger partial charge is 0.439 e. The lowest BCUT2D eigenvalue weighted by atomic mass is 10.2. The molecule has 0 unspecified atom stereocenters. The van der Waals surface area contributed by atoms with Crippen LogP contribution in [0.25, 0.3) is 0 Å². The number of rotatable bonds is 7. The minimum Gasteiger partial charge on any atom is -0.439 e. The molecule has 0 amide bonds. The number of pyridine rings is 1. The molecule has 0 fully saturated rings. The van der Waals surface area contributed by atoms with E-state index in [9.17, 15) is 20.2 Å². The van der Waals surface area contributed by atoms with E-state index in [0.29, 0.717) is 11.4 Å². The van der Waals surface area contributed by atoms with Crippen molar-refractivity contribution in [1.82, 2.24) is 4.98 Å². The van der Waals surface area contributed by atoms with E-state index in [1.54, 1.807) is 42.6 Å². The van der Waals surface area contributed by atoms with Gasteiger partial charge in [-0.05, 0) is 42.0 Å². The quantitative estimate of drug-likeness (QED) is 0.370. The summed E-state index contributed by atoms with van der Waals surface area (Å²) in [5.41, 5.74) is 4.08. The monoisotopic (exact) mass is 379 g/mol. The molecule has 10 nitrogen and oxygen atoms in total. The first-order valence-electron chi connectivity index (χ1n) is 7.93. The zero-order valence-corrected chi connectivity index (χ0v) is 14.3. The van der Waals surface area contributed by atoms with Gasteiger partial charge in [-0.3, -0.25) is 25.7 Å². The number of benzene rings is 2. The molecule has 1 N–H and O–H groups in total. The number of nitro benzene ring substituents is 1. The molecule has 0 aliphatic rings. The molecule has 0 atom stereocenters. The van der Waals surface area contributed by atoms with Crippen LogP contribution >= 0.6 is 0 Å². The summed E-state index contributed by atoms with van der Waals surface area (Å²) in [5.74, 6) is 0.758. The van der Waals surface area contributed by atoms with Crippen molar-refractivity contribution in [2.24, 2.45) is 5.10 Å². The van der Waals surface area contributed by atoms with Crippen molar-refractivity contribution in [1.29, 1.82) is 0 Å². The normalized spacial score (nSPS) is 10.6. The fourth-order valence-electron chi connectivity index (χ4n) is 2.12. The van der Waals surface area contributed by atoms with E-state index < -0.39 is 9.85 Å². The summed E-state index contributed by atoms with van der Waals surface area (Å²) in [6.07, 6.45) is 2.70. The third-order valence-electron chi connectivity index (χ3n) is 3.52. The van der Waals surface area contributed by atoms with Gasteiger partial charge in [0.25, 0.3) is 11.4 Å². The van der Waals surface area contributed by atoms with E-state index >= 15 is 0 Å². The van der Waals surface area contributed by atoms with Gasteiger partial charge in [0.05, 0.1) is 21.7 Å². The number of ether oxygens (including phenoxy) is 1. The molecule has 0 bridgehead atoms. The lowest BCUT2D eigenvalue weighted by molar-refractivity contribution is -0.385. The van der Waals surface area contributed by atoms with Gasteiger partial charge in [-0.1, -0.05) is 0 Å². The Balaban J connectivity index is 1.57. The van der Waals surface area contributed by atoms with Crippen molar-refractivity contribution in [2.45, 2.75) is 0 Å². The fourth-order valence-corrected chi connectivity index (χ4v) is 2.12. The van der Waals surface area contributed by atoms with Gasteiger partial charge in [0.2, 0.25) is 5.88 Å². The number of aromatic nitrogens is 1. The van der Waals surface area contributed by atoms with Gasteiger partial charge in [0.15, 0.2) is 0 Å². The van der Waals surface area contributed by atoms with Crippen LogP contribution in [0.2, 0.25) is 0 Å². The average molecular weight is 379 g/mol. The van der Waals surface area contributed by atoms with Crippen LogP contribution in [0, 0.1) is 20.2 Å². The second-order valence-electron chi connectivity index (χ2n) is 5.46. The van der Waals surface area contributed by atoms with Crippen LogP contribution in [-0.2, 0) is 0 Å². The highest BCUT2D eigenvalue weighted by molar-refractivity contribution is 5.80. The molecule has 1 aromatic heterocycles. The van der Waals surface area contributed by atoms with E-state index in [2.05, 4.69) is 15.5 Å². The maximum atomic E-state index is 10.6. The van der Waals surface area contributed by atoms with Gasteiger partial charge in [-0.2, -0.15) is 5.10 Å². The van der Waals surface area contributed by atoms with Crippen molar-refractivity contribution in [3.63, 3.8) is 0 Å². The van der Waals surface area contributed by atoms with Gasteiger partial charge >= 0.3 is 0 Å². The number of hydrogen-bond donors (Lipinski definition) is 1. The summed E-state index contributed by atoms with van der Waals surface area (Å²) >= 11 is 0. The summed E-state index contributed by atoms with van der Waals surface area (Å²) in [6.45, 7) is 0. The highest BCUT2D eigenvalue weighted by Gasteiger charge is 2.06. The topological polar surface area (TPSA) is 133 Å². The molecule has 0 aliphatic carbocycles. The third-order valence-corrected chi connectivity index (χ3v) is 3.52. The number of hydrazone groups is 1. The highest BCUT2D eigenvalue weighted by atomic mass is 16.6. The lowest BCUT2D eigenvalue weighted by Gasteiger charge is -2.04. The molecular formula is C18H13N5O5. The Labute approximate surface area is 158 Å². The van der Waals surface area contributed by atoms with Gasteiger partial charge < -0.3 is 4.74 Å². The maximum Gasteiger partial charge on any atom is 0.287 e. The average Bonchev–Trinajstić information content (AvgIpc) is 2.70. The Morgan fingerprint density at radius 1 is 0.893 bits per heavy atom. The molecule has 2 aromatic carbocycles. The van der Waals surface area contributed by atoms with E-state index in [4.69, 9.17) is 4.74 Å². The molecule has 0 aliphatic heterocycles. The Hall–Kier alpha value is -4.34. The number of nitrogens with one attached hydrogen (secondary N) is 1. The zero-order chi connectivity index (χ0) is 19.9. The Kier molecular flexibility index (Phi) is 5.51. The van der Waals surface area contributed by atoms with E-state index in [0.717, 1.165) is 11.8 Å². The van der Waals surface area contributed by atoms with Crippen LogP contribution in [0.1, 0.15) is 5.56 Å². The van der Waals surface area contributed by atoms with Crippen LogP contribution in [-0.4, -0.2) is 21.0 Å². The van der Waals surface area contributed by atoms with Crippen molar-refractivity contribution in [3.8, 4) is 11.6 Å². The Bertz CT molecular complexity index is 1000. The zero-order valence-electron chi connectivity index (χ0n) is 14.3. The smallest absolute Gasteiger partial charge is 0.287 e. The van der Waals surface area contributed by atoms with Crippen LogP contribution in [0.3, 0.4) is 0 Å². The van der Waals surface area contributed by atoms with Crippen molar-refractivity contribution < 1.29 is 14.6 Å². The van der Waals surface area contributed by atoms with Crippen molar-refractivity contribution >= 4 is 23.3 Å². The summed E-state index contributed by atoms with van der Waals surface area (Å²) in [6, 6.07) is 15.6. The Morgan fingerprint density at radius 2 is 1.54 bits per heavy atom. The van der Waals surface area contributed by atoms with Crippen LogP contribution in [0.15, 0.2) is 72.0 Å². The Morgan fingerprint density at radius 3 is 2.11 bits per heavy atom. The molecule has 3 aromatic rings. The number of nitro groups is 2. The van der Waals surface area contributed by atoms with Gasteiger partial charge in [-0.15, -0.1) is 0 Å². The molecule has 0 radical (unpaired) electrons. The lowest BCUT2D eigenvalue weighted by Crippen LogP contribution is -1.93. The van der Waals surface area contributed by atoms with E-state index in [-0.39, 0.29) is 17.3 Å². The van der Waals surface area contributed by atoms with Gasteiger partial charge in [-0.25, -0.2) is 4.98 Å². The molecular weight excluding hydrogens is 366 g/mol. The van der Waals surface area contributed by atoms with Gasteiger partial charge in [0.1, 0.15) is 11.9 Å². The molecule has 1 heterocycles. The second-order valence-corrected chi connectivity index (χ2v) is 5.46. The standard InChI is InChI=1S/C18H13N5O5/c24-22(25)15-5-3-14(4-6-15)21-20-11-13-1-8-17(9-2-13)28-18-10-7-16(12-19-18)23(26)27/h1-12,21H. The summed E-state index contributed by atoms with van der Waals surface area (Å²) in [7, 11) is 0. The van der Waals surface area contributed by atoms with Crippen LogP contribution in [0.4, 0.5) is 17.1 Å². The van der Waals surface area contributed by atoms with Crippen LogP contribution in [0.5, 0.6) is 11.6 Å². The number of anilines is 1. The third kappa shape index (κ3) is 4.85. The molecule has 28 heavy (non-hydrogen) atoms. The summed E-state index contributed by atoms with van der Waals surface area (Å²) in [4.78, 5) is 24.1. The molecule has 140 valence electrons.